The zero-order chi connectivity index (χ0) is 15.4. The first kappa shape index (κ1) is 14.9. The van der Waals surface area contributed by atoms with Gasteiger partial charge in [-0.3, -0.25) is 0 Å². The van der Waals surface area contributed by atoms with Crippen LogP contribution in [0.25, 0.3) is 21.3 Å². The first-order valence-corrected chi connectivity index (χ1v) is 12.0. The highest BCUT2D eigenvalue weighted by atomic mass is 32.2. The van der Waals surface area contributed by atoms with Gasteiger partial charge in [-0.2, -0.15) is 0 Å². The molecule has 0 saturated carbocycles. The smallest absolute Gasteiger partial charge is 0.159 e. The Kier molecular flexibility index (Phi) is 3.82. The molecule has 0 saturated heterocycles. The second-order valence-electron chi connectivity index (χ2n) is 4.61. The zero-order valence-electron chi connectivity index (χ0n) is 11.2. The number of rotatable bonds is 2. The second kappa shape index (κ2) is 5.87. The van der Waals surface area contributed by atoms with Crippen molar-refractivity contribution in [3.05, 3.63) is 38.2 Å². The van der Waals surface area contributed by atoms with Gasteiger partial charge in [-0.1, -0.05) is 47.9 Å². The van der Waals surface area contributed by atoms with Crippen LogP contribution in [0.2, 0.25) is 0 Å². The van der Waals surface area contributed by atoms with Gasteiger partial charge in [0.25, 0.3) is 0 Å². The van der Waals surface area contributed by atoms with Crippen molar-refractivity contribution in [2.24, 2.45) is 0 Å². The van der Waals surface area contributed by atoms with Crippen LogP contribution < -0.4 is 0 Å². The van der Waals surface area contributed by atoms with Crippen molar-refractivity contribution >= 4 is 81.1 Å². The van der Waals surface area contributed by atoms with Crippen LogP contribution in [0.5, 0.6) is 0 Å². The van der Waals surface area contributed by atoms with Gasteiger partial charge >= 0.3 is 0 Å². The van der Waals surface area contributed by atoms with E-state index in [1.54, 1.807) is 68.9 Å². The third-order valence-electron chi connectivity index (χ3n) is 3.22. The van der Waals surface area contributed by atoms with E-state index in [9.17, 15) is 0 Å². The Bertz CT molecular complexity index is 951. The molecule has 0 radical (unpaired) electrons. The van der Waals surface area contributed by atoms with Gasteiger partial charge in [0.15, 0.2) is 11.5 Å². The maximum atomic E-state index is 6.35. The highest BCUT2D eigenvalue weighted by molar-refractivity contribution is 8.08. The highest BCUT2D eigenvalue weighted by Gasteiger charge is 2.31. The Labute approximate surface area is 162 Å². The summed E-state index contributed by atoms with van der Waals surface area (Å²) in [6, 6.07) is 8.39. The SMILES string of the molecule is S=c1sc2c(s1)Sc1c(-c3cccs3)oc(-c3cccs3)c1S2. The molecule has 8 heteroatoms. The van der Waals surface area contributed by atoms with Crippen molar-refractivity contribution in [1.29, 1.82) is 0 Å². The maximum absolute atomic E-state index is 6.35. The number of fused-ring (bicyclic) bond motifs is 2. The Morgan fingerprint density at radius 1 is 0.783 bits per heavy atom. The first-order chi connectivity index (χ1) is 11.3. The molecule has 0 unspecified atom stereocenters. The summed E-state index contributed by atoms with van der Waals surface area (Å²) in [5, 5.41) is 4.19. The fraction of sp³-hybridized carbons (Fsp3) is 0. The molecule has 0 atom stereocenters. The molecule has 4 aromatic rings. The first-order valence-electron chi connectivity index (χ1n) is 6.54. The Morgan fingerprint density at radius 3 is 1.74 bits per heavy atom. The minimum atomic E-state index is 0.992. The van der Waals surface area contributed by atoms with Gasteiger partial charge in [0.05, 0.1) is 28.0 Å². The van der Waals surface area contributed by atoms with E-state index in [4.69, 9.17) is 16.6 Å². The number of furan rings is 1. The van der Waals surface area contributed by atoms with Crippen molar-refractivity contribution in [3.8, 4) is 21.3 Å². The summed E-state index contributed by atoms with van der Waals surface area (Å²) < 4.78 is 9.94. The fourth-order valence-electron chi connectivity index (χ4n) is 2.29. The lowest BCUT2D eigenvalue weighted by molar-refractivity contribution is 0.592. The topological polar surface area (TPSA) is 13.1 Å². The molecular formula is C15H6OS7. The fourth-order valence-corrected chi connectivity index (χ4v) is 10.1. The van der Waals surface area contributed by atoms with Gasteiger partial charge in [0.2, 0.25) is 0 Å². The molecule has 0 amide bonds. The lowest BCUT2D eigenvalue weighted by Crippen LogP contribution is -1.82. The Balaban J connectivity index is 1.75. The van der Waals surface area contributed by atoms with Gasteiger partial charge in [-0.25, -0.2) is 0 Å². The average molecular weight is 427 g/mol. The van der Waals surface area contributed by atoms with Crippen molar-refractivity contribution in [2.45, 2.75) is 18.2 Å². The minimum absolute atomic E-state index is 0.992. The zero-order valence-corrected chi connectivity index (χ0v) is 16.9. The molecule has 0 spiro atoms. The van der Waals surface area contributed by atoms with Gasteiger partial charge in [0.1, 0.15) is 3.14 Å². The predicted molar refractivity (Wildman–Crippen MR) is 107 cm³/mol. The number of thiophene rings is 2. The van der Waals surface area contributed by atoms with Crippen LogP contribution in [-0.4, -0.2) is 0 Å². The lowest BCUT2D eigenvalue weighted by Gasteiger charge is -2.10. The standard InChI is InChI=1S/C15H6OS7/c17-15-22-13-14(23-15)21-12-10(8-4-2-6-19-8)16-9(11(12)20-13)7-3-1-5-18-7/h1-6H. The van der Waals surface area contributed by atoms with Crippen LogP contribution in [0.3, 0.4) is 0 Å². The largest absolute Gasteiger partial charge is 0.452 e. The van der Waals surface area contributed by atoms with Gasteiger partial charge in [-0.15, -0.1) is 45.3 Å². The van der Waals surface area contributed by atoms with E-state index in [-0.39, 0.29) is 0 Å². The molecule has 0 bridgehead atoms. The molecule has 0 aromatic carbocycles. The van der Waals surface area contributed by atoms with E-state index in [0.717, 1.165) is 14.7 Å². The Hall–Kier alpha value is -0.350. The summed E-state index contributed by atoms with van der Waals surface area (Å²) in [4.78, 5) is 4.83. The second-order valence-corrected chi connectivity index (χ2v) is 12.3. The van der Waals surface area contributed by atoms with Crippen LogP contribution in [0, 0.1) is 3.14 Å². The summed E-state index contributed by atoms with van der Waals surface area (Å²) in [5.41, 5.74) is 0. The molecule has 5 heterocycles. The molecule has 114 valence electrons. The third kappa shape index (κ3) is 2.52. The minimum Gasteiger partial charge on any atom is -0.452 e. The summed E-state index contributed by atoms with van der Waals surface area (Å²) >= 11 is 15.8. The van der Waals surface area contributed by atoms with E-state index < -0.39 is 0 Å². The van der Waals surface area contributed by atoms with Crippen molar-refractivity contribution in [2.75, 3.05) is 0 Å². The summed E-state index contributed by atoms with van der Waals surface area (Å²) in [6.45, 7) is 0. The molecule has 1 aliphatic heterocycles. The normalized spacial score (nSPS) is 13.0. The summed E-state index contributed by atoms with van der Waals surface area (Å²) in [7, 11) is 0. The Morgan fingerprint density at radius 2 is 1.30 bits per heavy atom. The van der Waals surface area contributed by atoms with Crippen LogP contribution in [0.4, 0.5) is 0 Å². The van der Waals surface area contributed by atoms with E-state index in [2.05, 4.69) is 35.0 Å². The maximum Gasteiger partial charge on any atom is 0.159 e. The van der Waals surface area contributed by atoms with Crippen molar-refractivity contribution in [3.63, 3.8) is 0 Å². The molecular weight excluding hydrogens is 421 g/mol. The van der Waals surface area contributed by atoms with Gasteiger partial charge < -0.3 is 4.42 Å². The summed E-state index contributed by atoms with van der Waals surface area (Å²) in [5.74, 6) is 1.98. The van der Waals surface area contributed by atoms with E-state index in [1.807, 2.05) is 0 Å². The van der Waals surface area contributed by atoms with Gasteiger partial charge in [-0.05, 0) is 22.9 Å². The molecule has 0 fully saturated rings. The van der Waals surface area contributed by atoms with Gasteiger partial charge in [0, 0.05) is 0 Å². The van der Waals surface area contributed by atoms with Crippen LogP contribution in [-0.2, 0) is 0 Å². The number of hydrogen-bond donors (Lipinski definition) is 0. The lowest BCUT2D eigenvalue weighted by atomic mass is 10.3. The molecule has 1 nitrogen and oxygen atoms in total. The highest BCUT2D eigenvalue weighted by Crippen LogP contribution is 2.60. The van der Waals surface area contributed by atoms with E-state index >= 15 is 0 Å². The average Bonchev–Trinajstić information content (AvgIpc) is 3.30. The molecule has 1 aliphatic rings. The summed E-state index contributed by atoms with van der Waals surface area (Å²) in [6.07, 6.45) is 0. The van der Waals surface area contributed by atoms with Crippen molar-refractivity contribution in [1.82, 2.24) is 0 Å². The third-order valence-corrected chi connectivity index (χ3v) is 10.7. The molecule has 4 aromatic heterocycles. The predicted octanol–water partition coefficient (Wildman–Crippen LogP) is 8.20. The van der Waals surface area contributed by atoms with Crippen LogP contribution >= 0.6 is 81.1 Å². The van der Waals surface area contributed by atoms with Crippen LogP contribution in [0.15, 0.2) is 57.7 Å². The molecule has 0 aliphatic carbocycles. The molecule has 23 heavy (non-hydrogen) atoms. The number of hydrogen-bond acceptors (Lipinski definition) is 8. The van der Waals surface area contributed by atoms with E-state index in [1.165, 1.54) is 28.0 Å². The molecule has 0 N–H and O–H groups in total. The van der Waals surface area contributed by atoms with Crippen molar-refractivity contribution < 1.29 is 4.42 Å². The monoisotopic (exact) mass is 426 g/mol. The quantitative estimate of drug-likeness (QED) is 0.264. The van der Waals surface area contributed by atoms with E-state index in [0.29, 0.717) is 0 Å². The molecule has 5 rings (SSSR count). The van der Waals surface area contributed by atoms with Crippen LogP contribution in [0.1, 0.15) is 0 Å².